The monoisotopic (exact) mass is 420 g/mol. The average Bonchev–Trinajstić information content (AvgIpc) is 3.17. The zero-order valence-corrected chi connectivity index (χ0v) is 15.9. The van der Waals surface area contributed by atoms with Crippen molar-refractivity contribution in [1.29, 1.82) is 0 Å². The van der Waals surface area contributed by atoms with E-state index in [1.807, 2.05) is 0 Å². The maximum atomic E-state index is 12.6. The van der Waals surface area contributed by atoms with Crippen molar-refractivity contribution >= 4 is 16.0 Å². The van der Waals surface area contributed by atoms with Crippen molar-refractivity contribution in [2.24, 2.45) is 0 Å². The Kier molecular flexibility index (Phi) is 5.28. The van der Waals surface area contributed by atoms with Crippen LogP contribution in [0.3, 0.4) is 0 Å². The van der Waals surface area contributed by atoms with Gasteiger partial charge in [0.1, 0.15) is 5.03 Å². The van der Waals surface area contributed by atoms with Crippen LogP contribution in [0.15, 0.2) is 23.5 Å². The largest absolute Gasteiger partial charge is 0.462 e. The Morgan fingerprint density at radius 2 is 2.11 bits per heavy atom. The van der Waals surface area contributed by atoms with E-state index in [-0.39, 0.29) is 23.2 Å². The molecule has 2 heterocycles. The van der Waals surface area contributed by atoms with Crippen molar-refractivity contribution in [3.05, 3.63) is 35.3 Å². The first-order valence-electron chi connectivity index (χ1n) is 8.51. The quantitative estimate of drug-likeness (QED) is 0.698. The molecule has 1 fully saturated rings. The number of aromatic nitrogens is 3. The van der Waals surface area contributed by atoms with E-state index in [0.29, 0.717) is 18.5 Å². The molecule has 1 aliphatic rings. The number of nitrogens with one attached hydrogen (secondary N) is 2. The summed E-state index contributed by atoms with van der Waals surface area (Å²) in [5.74, 6) is -0.624. The molecule has 1 saturated carbocycles. The second-order valence-corrected chi connectivity index (χ2v) is 8.23. The van der Waals surface area contributed by atoms with Gasteiger partial charge in [0.05, 0.1) is 30.0 Å². The van der Waals surface area contributed by atoms with Crippen molar-refractivity contribution in [3.8, 4) is 0 Å². The summed E-state index contributed by atoms with van der Waals surface area (Å²) in [5.41, 5.74) is -0.351. The van der Waals surface area contributed by atoms with Crippen LogP contribution in [0.25, 0.3) is 0 Å². The Balaban J connectivity index is 1.63. The number of ether oxygens (including phenoxy) is 1. The lowest BCUT2D eigenvalue weighted by Gasteiger charge is -2.35. The highest BCUT2D eigenvalue weighted by molar-refractivity contribution is 7.89. The van der Waals surface area contributed by atoms with E-state index in [1.54, 1.807) is 13.8 Å². The van der Waals surface area contributed by atoms with Crippen LogP contribution in [0.5, 0.6) is 0 Å². The SMILES string of the molecule is CCOC(=O)c1cc(S(=O)(=O)N[C@H]2C[C@H](n3cc(C(F)(F)F)cn3)C2)[nH]c1C. The van der Waals surface area contributed by atoms with E-state index >= 15 is 0 Å². The summed E-state index contributed by atoms with van der Waals surface area (Å²) >= 11 is 0. The van der Waals surface area contributed by atoms with Crippen LogP contribution in [0, 0.1) is 6.92 Å². The fourth-order valence-electron chi connectivity index (χ4n) is 2.96. The summed E-state index contributed by atoms with van der Waals surface area (Å²) in [6.45, 7) is 3.36. The molecule has 0 radical (unpaired) electrons. The number of alkyl halides is 3. The number of nitrogens with zero attached hydrogens (tertiary/aromatic N) is 2. The van der Waals surface area contributed by atoms with Gasteiger partial charge < -0.3 is 9.72 Å². The molecule has 0 saturated heterocycles. The Hall–Kier alpha value is -2.34. The van der Waals surface area contributed by atoms with E-state index in [2.05, 4.69) is 14.8 Å². The lowest BCUT2D eigenvalue weighted by Crippen LogP contribution is -2.45. The lowest BCUT2D eigenvalue weighted by molar-refractivity contribution is -0.137. The molecule has 2 N–H and O–H groups in total. The third-order valence-corrected chi connectivity index (χ3v) is 5.96. The Morgan fingerprint density at radius 3 is 2.68 bits per heavy atom. The maximum absolute atomic E-state index is 12.6. The minimum Gasteiger partial charge on any atom is -0.462 e. The standard InChI is InChI=1S/C16H19F3N4O4S/c1-3-27-15(24)13-6-14(21-9(13)2)28(25,26)22-11-4-12(5-11)23-8-10(7-20-23)16(17,18)19/h6-8,11-12,21-22H,3-5H2,1-2H3/t11-,12-. The molecule has 28 heavy (non-hydrogen) atoms. The summed E-state index contributed by atoms with van der Waals surface area (Å²) in [4.78, 5) is 14.5. The summed E-state index contributed by atoms with van der Waals surface area (Å²) in [6, 6.07) is 0.446. The van der Waals surface area contributed by atoms with Crippen LogP contribution in [-0.2, 0) is 20.9 Å². The number of hydrogen-bond donors (Lipinski definition) is 2. The predicted octanol–water partition coefficient (Wildman–Crippen LogP) is 2.40. The van der Waals surface area contributed by atoms with Crippen LogP contribution in [-0.4, -0.2) is 41.8 Å². The number of carbonyl (C=O) groups is 1. The van der Waals surface area contributed by atoms with Crippen molar-refractivity contribution in [2.75, 3.05) is 6.61 Å². The summed E-state index contributed by atoms with van der Waals surface area (Å²) in [5, 5.41) is 3.54. The molecule has 0 aliphatic heterocycles. The number of H-pyrrole nitrogens is 1. The van der Waals surface area contributed by atoms with Crippen LogP contribution >= 0.6 is 0 Å². The van der Waals surface area contributed by atoms with E-state index in [4.69, 9.17) is 4.74 Å². The maximum Gasteiger partial charge on any atom is 0.419 e. The van der Waals surface area contributed by atoms with Crippen LogP contribution in [0.1, 0.15) is 47.4 Å². The smallest absolute Gasteiger partial charge is 0.419 e. The molecule has 2 aromatic rings. The van der Waals surface area contributed by atoms with Gasteiger partial charge in [0, 0.05) is 17.9 Å². The highest BCUT2D eigenvalue weighted by Crippen LogP contribution is 2.35. The molecule has 0 amide bonds. The number of hydrogen-bond acceptors (Lipinski definition) is 5. The van der Waals surface area contributed by atoms with Gasteiger partial charge in [-0.25, -0.2) is 17.9 Å². The van der Waals surface area contributed by atoms with E-state index in [0.717, 1.165) is 12.4 Å². The Bertz CT molecular complexity index is 974. The van der Waals surface area contributed by atoms with Gasteiger partial charge in [-0.3, -0.25) is 4.68 Å². The summed E-state index contributed by atoms with van der Waals surface area (Å²) in [7, 11) is -3.92. The topological polar surface area (TPSA) is 106 Å². The Morgan fingerprint density at radius 1 is 1.43 bits per heavy atom. The fourth-order valence-corrected chi connectivity index (χ4v) is 4.28. The minimum absolute atomic E-state index is 0.130. The second kappa shape index (κ2) is 7.24. The molecule has 2 aromatic heterocycles. The average molecular weight is 420 g/mol. The first kappa shape index (κ1) is 20.4. The molecule has 1 aliphatic carbocycles. The van der Waals surface area contributed by atoms with Gasteiger partial charge in [-0.1, -0.05) is 0 Å². The number of sulfonamides is 1. The third-order valence-electron chi connectivity index (χ3n) is 4.51. The second-order valence-electron chi connectivity index (χ2n) is 6.54. The zero-order valence-electron chi connectivity index (χ0n) is 15.1. The molecule has 0 bridgehead atoms. The number of halogens is 3. The Labute approximate surface area is 159 Å². The van der Waals surface area contributed by atoms with Crippen molar-refractivity contribution in [3.63, 3.8) is 0 Å². The lowest BCUT2D eigenvalue weighted by atomic mass is 9.88. The van der Waals surface area contributed by atoms with Crippen LogP contribution in [0.4, 0.5) is 13.2 Å². The van der Waals surface area contributed by atoms with E-state index in [1.165, 1.54) is 10.7 Å². The van der Waals surface area contributed by atoms with Gasteiger partial charge in [0.2, 0.25) is 0 Å². The number of aryl methyl sites for hydroxylation is 1. The first-order chi connectivity index (χ1) is 13.0. The third kappa shape index (κ3) is 4.07. The fraction of sp³-hybridized carbons (Fsp3) is 0.500. The predicted molar refractivity (Wildman–Crippen MR) is 91.1 cm³/mol. The molecule has 0 spiro atoms. The molecule has 8 nitrogen and oxygen atoms in total. The van der Waals surface area contributed by atoms with E-state index < -0.39 is 33.8 Å². The molecular formula is C16H19F3N4O4S. The van der Waals surface area contributed by atoms with Crippen molar-refractivity contribution < 1.29 is 31.1 Å². The first-order valence-corrected chi connectivity index (χ1v) is 10.00. The van der Waals surface area contributed by atoms with Gasteiger partial charge in [0.15, 0.2) is 0 Å². The molecular weight excluding hydrogens is 401 g/mol. The van der Waals surface area contributed by atoms with Gasteiger partial charge >= 0.3 is 12.1 Å². The zero-order chi connectivity index (χ0) is 20.7. The normalized spacial score (nSPS) is 20.0. The van der Waals surface area contributed by atoms with Gasteiger partial charge in [-0.2, -0.15) is 18.3 Å². The molecule has 0 aromatic carbocycles. The van der Waals surface area contributed by atoms with Crippen LogP contribution < -0.4 is 4.72 Å². The molecule has 12 heteroatoms. The minimum atomic E-state index is -4.47. The summed E-state index contributed by atoms with van der Waals surface area (Å²) in [6.07, 6.45) is -2.19. The number of esters is 1. The summed E-state index contributed by atoms with van der Waals surface area (Å²) < 4.78 is 71.4. The highest BCUT2D eigenvalue weighted by Gasteiger charge is 2.37. The molecule has 3 rings (SSSR count). The van der Waals surface area contributed by atoms with E-state index in [9.17, 15) is 26.4 Å². The number of carbonyl (C=O) groups excluding carboxylic acids is 1. The van der Waals surface area contributed by atoms with Gasteiger partial charge in [-0.05, 0) is 32.8 Å². The molecule has 0 unspecified atom stereocenters. The molecule has 154 valence electrons. The highest BCUT2D eigenvalue weighted by atomic mass is 32.2. The van der Waals surface area contributed by atoms with Crippen molar-refractivity contribution in [2.45, 2.75) is 50.0 Å². The van der Waals surface area contributed by atoms with Crippen molar-refractivity contribution in [1.82, 2.24) is 19.5 Å². The van der Waals surface area contributed by atoms with Crippen LogP contribution in [0.2, 0.25) is 0 Å². The van der Waals surface area contributed by atoms with Gasteiger partial charge in [0.25, 0.3) is 10.0 Å². The van der Waals surface area contributed by atoms with Gasteiger partial charge in [-0.15, -0.1) is 0 Å². The molecule has 0 atom stereocenters. The number of aromatic amines is 1. The number of rotatable bonds is 6.